The average molecular weight is 301 g/mol. The molecule has 2 rings (SSSR count). The number of hydrogen-bond acceptors (Lipinski definition) is 3. The second-order valence-electron chi connectivity index (χ2n) is 2.56. The van der Waals surface area contributed by atoms with Crippen LogP contribution in [0.25, 0.3) is 10.1 Å². The summed E-state index contributed by atoms with van der Waals surface area (Å²) in [5.41, 5.74) is 0.503. The zero-order chi connectivity index (χ0) is 9.42. The van der Waals surface area contributed by atoms with Crippen LogP contribution < -0.4 is 0 Å². The molecule has 0 radical (unpaired) electrons. The van der Waals surface area contributed by atoms with Gasteiger partial charge >= 0.3 is 0 Å². The number of rotatable bonds is 0. The molecule has 1 aromatic heterocycles. The van der Waals surface area contributed by atoms with Gasteiger partial charge in [0.2, 0.25) is 0 Å². The summed E-state index contributed by atoms with van der Waals surface area (Å²) in [6.07, 6.45) is 0. The topological polar surface area (TPSA) is 44.0 Å². The Hall–Kier alpha value is -0.800. The number of hydrogen-bond donors (Lipinski definition) is 1. The van der Waals surface area contributed by atoms with Gasteiger partial charge < -0.3 is 5.11 Å². The molecular formula is C9H4INOS. The van der Waals surface area contributed by atoms with Crippen LogP contribution in [0.15, 0.2) is 17.5 Å². The first kappa shape index (κ1) is 8.78. The summed E-state index contributed by atoms with van der Waals surface area (Å²) < 4.78 is 1.99. The van der Waals surface area contributed by atoms with Crippen molar-refractivity contribution in [1.82, 2.24) is 0 Å². The molecule has 0 unspecified atom stereocenters. The van der Waals surface area contributed by atoms with Crippen LogP contribution in [0.5, 0.6) is 5.75 Å². The van der Waals surface area contributed by atoms with Gasteiger partial charge in [-0.2, -0.15) is 5.26 Å². The van der Waals surface area contributed by atoms with Crippen molar-refractivity contribution in [3.8, 4) is 11.8 Å². The maximum atomic E-state index is 9.60. The average Bonchev–Trinajstić information content (AvgIpc) is 2.48. The van der Waals surface area contributed by atoms with Crippen molar-refractivity contribution in [3.63, 3.8) is 0 Å². The second kappa shape index (κ2) is 3.16. The molecule has 0 atom stereocenters. The van der Waals surface area contributed by atoms with Gasteiger partial charge in [-0.15, -0.1) is 11.3 Å². The molecule has 0 saturated carbocycles. The Labute approximate surface area is 92.6 Å². The molecule has 64 valence electrons. The Morgan fingerprint density at radius 2 is 2.23 bits per heavy atom. The monoisotopic (exact) mass is 301 g/mol. The summed E-state index contributed by atoms with van der Waals surface area (Å²) >= 11 is 3.71. The molecule has 0 aliphatic rings. The highest BCUT2D eigenvalue weighted by molar-refractivity contribution is 14.1. The Balaban J connectivity index is 2.89. The highest BCUT2D eigenvalue weighted by atomic mass is 127. The van der Waals surface area contributed by atoms with E-state index in [2.05, 4.69) is 22.6 Å². The first-order chi connectivity index (χ1) is 6.22. The van der Waals surface area contributed by atoms with E-state index in [1.165, 1.54) is 17.4 Å². The molecule has 0 saturated heterocycles. The molecule has 0 spiro atoms. The molecule has 0 bridgehead atoms. The number of aromatic hydroxyl groups is 1. The molecule has 0 fully saturated rings. The van der Waals surface area contributed by atoms with E-state index in [9.17, 15) is 5.11 Å². The lowest BCUT2D eigenvalue weighted by Crippen LogP contribution is -1.75. The fraction of sp³-hybridized carbons (Fsp3) is 0. The van der Waals surface area contributed by atoms with Crippen molar-refractivity contribution < 1.29 is 5.11 Å². The molecular weight excluding hydrogens is 297 g/mol. The normalized spacial score (nSPS) is 10.2. The van der Waals surface area contributed by atoms with Gasteiger partial charge in [-0.1, -0.05) is 0 Å². The third-order valence-corrected chi connectivity index (χ3v) is 3.94. The van der Waals surface area contributed by atoms with E-state index in [1.54, 1.807) is 6.07 Å². The maximum absolute atomic E-state index is 9.60. The SMILES string of the molecule is N#Cc1cc(O)c2c(I)csc2c1. The van der Waals surface area contributed by atoms with Crippen LogP contribution in [0, 0.1) is 14.9 Å². The van der Waals surface area contributed by atoms with Gasteiger partial charge in [-0.3, -0.25) is 0 Å². The van der Waals surface area contributed by atoms with Crippen LogP contribution in [0.3, 0.4) is 0 Å². The van der Waals surface area contributed by atoms with E-state index in [0.717, 1.165) is 13.7 Å². The fourth-order valence-corrected chi connectivity index (χ4v) is 3.18. The van der Waals surface area contributed by atoms with Gasteiger partial charge in [0.15, 0.2) is 0 Å². The largest absolute Gasteiger partial charge is 0.507 e. The minimum Gasteiger partial charge on any atom is -0.507 e. The van der Waals surface area contributed by atoms with Gasteiger partial charge in [-0.05, 0) is 34.7 Å². The number of benzene rings is 1. The molecule has 1 N–H and O–H groups in total. The number of phenolic OH excluding ortho intramolecular Hbond substituents is 1. The third kappa shape index (κ3) is 1.38. The number of fused-ring (bicyclic) bond motifs is 1. The third-order valence-electron chi connectivity index (χ3n) is 1.74. The van der Waals surface area contributed by atoms with Gasteiger partial charge in [0.25, 0.3) is 0 Å². The Morgan fingerprint density at radius 3 is 2.92 bits per heavy atom. The number of nitrogens with zero attached hydrogens (tertiary/aromatic N) is 1. The molecule has 4 heteroatoms. The summed E-state index contributed by atoms with van der Waals surface area (Å²) in [5, 5.41) is 21.1. The van der Waals surface area contributed by atoms with Crippen molar-refractivity contribution in [1.29, 1.82) is 5.26 Å². The van der Waals surface area contributed by atoms with E-state index in [0.29, 0.717) is 5.56 Å². The minimum absolute atomic E-state index is 0.194. The summed E-state index contributed by atoms with van der Waals surface area (Å²) in [6.45, 7) is 0. The summed E-state index contributed by atoms with van der Waals surface area (Å²) in [4.78, 5) is 0. The van der Waals surface area contributed by atoms with Gasteiger partial charge in [-0.25, -0.2) is 0 Å². The predicted molar refractivity (Wildman–Crippen MR) is 60.9 cm³/mol. The molecule has 0 aliphatic heterocycles. The smallest absolute Gasteiger partial charge is 0.126 e. The minimum atomic E-state index is 0.194. The summed E-state index contributed by atoms with van der Waals surface area (Å²) in [6, 6.07) is 5.30. The number of thiophene rings is 1. The Morgan fingerprint density at radius 1 is 1.46 bits per heavy atom. The maximum Gasteiger partial charge on any atom is 0.126 e. The molecule has 13 heavy (non-hydrogen) atoms. The van der Waals surface area contributed by atoms with Crippen molar-refractivity contribution >= 4 is 44.0 Å². The molecule has 0 amide bonds. The predicted octanol–water partition coefficient (Wildman–Crippen LogP) is 3.08. The fourth-order valence-electron chi connectivity index (χ4n) is 1.17. The van der Waals surface area contributed by atoms with E-state index in [1.807, 2.05) is 11.4 Å². The molecule has 1 heterocycles. The second-order valence-corrected chi connectivity index (χ2v) is 4.64. The molecule has 0 aliphatic carbocycles. The molecule has 2 aromatic rings. The van der Waals surface area contributed by atoms with Crippen LogP contribution in [0.1, 0.15) is 5.56 Å². The van der Waals surface area contributed by atoms with Crippen LogP contribution >= 0.6 is 33.9 Å². The first-order valence-corrected chi connectivity index (χ1v) is 5.48. The van der Waals surface area contributed by atoms with Crippen LogP contribution in [0.2, 0.25) is 0 Å². The van der Waals surface area contributed by atoms with E-state index in [4.69, 9.17) is 5.26 Å². The quantitative estimate of drug-likeness (QED) is 0.760. The molecule has 2 nitrogen and oxygen atoms in total. The molecule has 1 aromatic carbocycles. The summed E-state index contributed by atoms with van der Waals surface area (Å²) in [5.74, 6) is 0.194. The van der Waals surface area contributed by atoms with E-state index < -0.39 is 0 Å². The first-order valence-electron chi connectivity index (χ1n) is 3.52. The van der Waals surface area contributed by atoms with Crippen molar-refractivity contribution in [2.24, 2.45) is 0 Å². The lowest BCUT2D eigenvalue weighted by Gasteiger charge is -1.96. The summed E-state index contributed by atoms with van der Waals surface area (Å²) in [7, 11) is 0. The van der Waals surface area contributed by atoms with E-state index in [-0.39, 0.29) is 5.75 Å². The Kier molecular flexibility index (Phi) is 2.14. The highest BCUT2D eigenvalue weighted by Gasteiger charge is 2.07. The van der Waals surface area contributed by atoms with Gasteiger partial charge in [0, 0.05) is 19.0 Å². The zero-order valence-electron chi connectivity index (χ0n) is 6.41. The van der Waals surface area contributed by atoms with Gasteiger partial charge in [0.05, 0.1) is 11.6 Å². The highest BCUT2D eigenvalue weighted by Crippen LogP contribution is 2.34. The lowest BCUT2D eigenvalue weighted by molar-refractivity contribution is 0.481. The lowest BCUT2D eigenvalue weighted by atomic mass is 10.2. The Bertz CT molecular complexity index is 512. The van der Waals surface area contributed by atoms with Crippen molar-refractivity contribution in [3.05, 3.63) is 26.6 Å². The van der Waals surface area contributed by atoms with E-state index >= 15 is 0 Å². The number of phenols is 1. The van der Waals surface area contributed by atoms with Crippen LogP contribution in [-0.4, -0.2) is 5.11 Å². The van der Waals surface area contributed by atoms with Crippen LogP contribution in [-0.2, 0) is 0 Å². The number of nitriles is 1. The zero-order valence-corrected chi connectivity index (χ0v) is 9.39. The van der Waals surface area contributed by atoms with Crippen LogP contribution in [0.4, 0.5) is 0 Å². The van der Waals surface area contributed by atoms with Gasteiger partial charge in [0.1, 0.15) is 5.75 Å². The number of halogens is 1. The van der Waals surface area contributed by atoms with Crippen molar-refractivity contribution in [2.75, 3.05) is 0 Å². The standard InChI is InChI=1S/C9H4INOS/c10-6-4-13-8-2-5(3-11)1-7(12)9(6)8/h1-2,4,12H. The van der Waals surface area contributed by atoms with Crippen molar-refractivity contribution in [2.45, 2.75) is 0 Å².